The number of halogens is 1. The molecule has 0 aromatic heterocycles. The van der Waals surface area contributed by atoms with Gasteiger partial charge in [0.1, 0.15) is 0 Å². The fraction of sp³-hybridized carbons (Fsp3) is 0.933. The van der Waals surface area contributed by atoms with Gasteiger partial charge in [-0.3, -0.25) is 4.99 Å². The molecule has 0 spiro atoms. The largest absolute Gasteiger partial charge is 0.377 e. The number of rotatable bonds is 10. The van der Waals surface area contributed by atoms with Gasteiger partial charge < -0.3 is 25.0 Å². The first-order valence-corrected chi connectivity index (χ1v) is 7.60. The van der Waals surface area contributed by atoms with Gasteiger partial charge in [-0.25, -0.2) is 0 Å². The van der Waals surface area contributed by atoms with Crippen molar-refractivity contribution in [2.75, 3.05) is 54.5 Å². The summed E-state index contributed by atoms with van der Waals surface area (Å²) in [5, 5.41) is 6.59. The smallest absolute Gasteiger partial charge is 0.191 e. The minimum atomic E-state index is -0.220. The monoisotopic (exact) mass is 430 g/mol. The molecule has 0 saturated heterocycles. The van der Waals surface area contributed by atoms with Crippen LogP contribution in [0.4, 0.5) is 0 Å². The highest BCUT2D eigenvalue weighted by atomic mass is 127. The summed E-state index contributed by atoms with van der Waals surface area (Å²) < 4.78 is 11.1. The highest BCUT2D eigenvalue weighted by molar-refractivity contribution is 14.0. The second kappa shape index (κ2) is 13.3. The molecular formula is C15H35IN4O2. The number of nitrogens with zero attached hydrogens (tertiary/aromatic N) is 2. The van der Waals surface area contributed by atoms with E-state index in [9.17, 15) is 0 Å². The van der Waals surface area contributed by atoms with Gasteiger partial charge in [-0.15, -0.1) is 24.0 Å². The van der Waals surface area contributed by atoms with E-state index < -0.39 is 0 Å². The zero-order chi connectivity index (χ0) is 16.3. The maximum absolute atomic E-state index is 5.76. The van der Waals surface area contributed by atoms with Crippen LogP contribution in [0.2, 0.25) is 0 Å². The molecule has 0 aromatic rings. The Morgan fingerprint density at radius 3 is 2.36 bits per heavy atom. The molecule has 0 aliphatic heterocycles. The molecular weight excluding hydrogens is 395 g/mol. The summed E-state index contributed by atoms with van der Waals surface area (Å²) in [4.78, 5) is 6.39. The summed E-state index contributed by atoms with van der Waals surface area (Å²) in [6, 6.07) is 0. The van der Waals surface area contributed by atoms with Gasteiger partial charge in [0, 0.05) is 40.4 Å². The van der Waals surface area contributed by atoms with Crippen LogP contribution in [0.25, 0.3) is 0 Å². The molecule has 0 aromatic carbocycles. The summed E-state index contributed by atoms with van der Waals surface area (Å²) in [5.74, 6) is 0.773. The van der Waals surface area contributed by atoms with Crippen LogP contribution in [0, 0.1) is 0 Å². The second-order valence-electron chi connectivity index (χ2n) is 5.94. The molecule has 0 aliphatic rings. The van der Waals surface area contributed by atoms with E-state index in [1.54, 1.807) is 14.2 Å². The average molecular weight is 430 g/mol. The Bertz CT molecular complexity index is 299. The second-order valence-corrected chi connectivity index (χ2v) is 5.94. The number of guanidine groups is 1. The molecule has 0 radical (unpaired) electrons. The van der Waals surface area contributed by atoms with Crippen molar-refractivity contribution in [2.24, 2.45) is 4.99 Å². The van der Waals surface area contributed by atoms with Crippen LogP contribution in [-0.2, 0) is 9.47 Å². The van der Waals surface area contributed by atoms with E-state index in [4.69, 9.17) is 9.47 Å². The third kappa shape index (κ3) is 12.4. The Kier molecular flexibility index (Phi) is 14.6. The average Bonchev–Trinajstić information content (AvgIpc) is 2.44. The van der Waals surface area contributed by atoms with Crippen LogP contribution < -0.4 is 10.6 Å². The van der Waals surface area contributed by atoms with Crippen molar-refractivity contribution in [3.05, 3.63) is 0 Å². The van der Waals surface area contributed by atoms with Gasteiger partial charge in [0.15, 0.2) is 5.96 Å². The number of hydrogen-bond acceptors (Lipinski definition) is 4. The van der Waals surface area contributed by atoms with Gasteiger partial charge in [-0.05, 0) is 41.3 Å². The third-order valence-electron chi connectivity index (χ3n) is 3.26. The van der Waals surface area contributed by atoms with Crippen molar-refractivity contribution in [1.29, 1.82) is 0 Å². The number of hydrogen-bond donors (Lipinski definition) is 2. The van der Waals surface area contributed by atoms with Crippen molar-refractivity contribution in [3.8, 4) is 0 Å². The Morgan fingerprint density at radius 1 is 1.27 bits per heavy atom. The number of methoxy groups -OCH3 is 1. The minimum Gasteiger partial charge on any atom is -0.377 e. The van der Waals surface area contributed by atoms with Gasteiger partial charge in [-0.2, -0.15) is 0 Å². The molecule has 6 nitrogen and oxygen atoms in total. The molecule has 134 valence electrons. The summed E-state index contributed by atoms with van der Waals surface area (Å²) in [6.45, 7) is 9.27. The lowest BCUT2D eigenvalue weighted by atomic mass is 10.1. The number of ether oxygens (including phenoxy) is 2. The van der Waals surface area contributed by atoms with Gasteiger partial charge in [0.2, 0.25) is 0 Å². The maximum atomic E-state index is 5.76. The number of aliphatic imine (C=N–C) groups is 1. The third-order valence-corrected chi connectivity index (χ3v) is 3.26. The van der Waals surface area contributed by atoms with Crippen LogP contribution in [0.1, 0.15) is 27.2 Å². The Morgan fingerprint density at radius 2 is 1.91 bits per heavy atom. The Labute approximate surface area is 153 Å². The fourth-order valence-electron chi connectivity index (χ4n) is 1.68. The van der Waals surface area contributed by atoms with Crippen molar-refractivity contribution >= 4 is 29.9 Å². The minimum absolute atomic E-state index is 0. The van der Waals surface area contributed by atoms with Crippen LogP contribution >= 0.6 is 24.0 Å². The summed E-state index contributed by atoms with van der Waals surface area (Å²) in [5.41, 5.74) is -0.220. The van der Waals surface area contributed by atoms with Gasteiger partial charge >= 0.3 is 0 Å². The summed E-state index contributed by atoms with van der Waals surface area (Å²) in [6.07, 6.45) is 1.18. The van der Waals surface area contributed by atoms with Crippen LogP contribution in [0.15, 0.2) is 4.99 Å². The summed E-state index contributed by atoms with van der Waals surface area (Å²) in [7, 11) is 7.63. The van der Waals surface area contributed by atoms with Gasteiger partial charge in [0.05, 0.1) is 11.7 Å². The van der Waals surface area contributed by atoms with Crippen molar-refractivity contribution in [2.45, 2.75) is 38.9 Å². The lowest BCUT2D eigenvalue weighted by molar-refractivity contribution is 0.0266. The molecule has 0 aliphatic carbocycles. The van der Waals surface area contributed by atoms with Crippen LogP contribution in [0.3, 0.4) is 0 Å². The van der Waals surface area contributed by atoms with Gasteiger partial charge in [0.25, 0.3) is 0 Å². The van der Waals surface area contributed by atoms with Crippen LogP contribution in [0.5, 0.6) is 0 Å². The van der Waals surface area contributed by atoms with E-state index in [0.29, 0.717) is 6.54 Å². The molecule has 0 amide bonds. The summed E-state index contributed by atoms with van der Waals surface area (Å²) >= 11 is 0. The standard InChI is InChI=1S/C15H34N4O2.HI/c1-8-21-13(9-10-19(5)6)11-17-14(16-4)18-12-15(2,3)20-7;/h13H,8-12H2,1-7H3,(H2,16,17,18);1H. The highest BCUT2D eigenvalue weighted by Gasteiger charge is 2.17. The van der Waals surface area contributed by atoms with E-state index in [-0.39, 0.29) is 35.7 Å². The molecule has 22 heavy (non-hydrogen) atoms. The zero-order valence-corrected chi connectivity index (χ0v) is 17.6. The molecule has 1 unspecified atom stereocenters. The molecule has 7 heteroatoms. The quantitative estimate of drug-likeness (QED) is 0.313. The highest BCUT2D eigenvalue weighted by Crippen LogP contribution is 2.04. The molecule has 1 atom stereocenters. The zero-order valence-electron chi connectivity index (χ0n) is 15.2. The Hall–Kier alpha value is -0.120. The molecule has 0 fully saturated rings. The SMILES string of the molecule is CCOC(CCN(C)C)CNC(=NC)NCC(C)(C)OC.I. The van der Waals surface area contributed by atoms with Crippen LogP contribution in [-0.4, -0.2) is 77.1 Å². The van der Waals surface area contributed by atoms with E-state index in [2.05, 4.69) is 34.6 Å². The lowest BCUT2D eigenvalue weighted by Crippen LogP contribution is -2.47. The lowest BCUT2D eigenvalue weighted by Gasteiger charge is -2.25. The van der Waals surface area contributed by atoms with E-state index in [1.165, 1.54) is 0 Å². The maximum Gasteiger partial charge on any atom is 0.191 e. The van der Waals surface area contributed by atoms with E-state index in [0.717, 1.165) is 32.1 Å². The van der Waals surface area contributed by atoms with Crippen molar-refractivity contribution in [1.82, 2.24) is 15.5 Å². The molecule has 2 N–H and O–H groups in total. The molecule has 0 saturated carbocycles. The molecule has 0 heterocycles. The predicted octanol–water partition coefficient (Wildman–Crippen LogP) is 1.55. The van der Waals surface area contributed by atoms with E-state index >= 15 is 0 Å². The van der Waals surface area contributed by atoms with Gasteiger partial charge in [-0.1, -0.05) is 0 Å². The first kappa shape index (κ1) is 24.1. The molecule has 0 rings (SSSR count). The van der Waals surface area contributed by atoms with Crippen molar-refractivity contribution in [3.63, 3.8) is 0 Å². The predicted molar refractivity (Wildman–Crippen MR) is 104 cm³/mol. The molecule has 0 bridgehead atoms. The fourth-order valence-corrected chi connectivity index (χ4v) is 1.68. The number of nitrogens with one attached hydrogen (secondary N) is 2. The normalized spacial score (nSPS) is 13.7. The van der Waals surface area contributed by atoms with E-state index in [1.807, 2.05) is 20.8 Å². The van der Waals surface area contributed by atoms with Crippen molar-refractivity contribution < 1.29 is 9.47 Å². The first-order valence-electron chi connectivity index (χ1n) is 7.60. The first-order chi connectivity index (χ1) is 9.84. The topological polar surface area (TPSA) is 58.1 Å². The Balaban J connectivity index is 0.